The van der Waals surface area contributed by atoms with Crippen LogP contribution in [-0.2, 0) is 10.0 Å². The SMILES string of the molecule is O=S(=O)(NCCOc1nnnn1-c1ccccc1)c1ccc(-n2cnnn2)cc1. The first-order valence-electron chi connectivity index (χ1n) is 8.43. The molecule has 0 fully saturated rings. The maximum Gasteiger partial charge on any atom is 0.340 e. The second kappa shape index (κ2) is 8.12. The van der Waals surface area contributed by atoms with Crippen LogP contribution in [0.4, 0.5) is 0 Å². The highest BCUT2D eigenvalue weighted by Gasteiger charge is 2.15. The van der Waals surface area contributed by atoms with Gasteiger partial charge in [-0.15, -0.1) is 5.10 Å². The van der Waals surface area contributed by atoms with Gasteiger partial charge in [-0.25, -0.2) is 17.8 Å². The molecular formula is C16H15N9O3S. The van der Waals surface area contributed by atoms with Crippen LogP contribution in [0.2, 0.25) is 0 Å². The van der Waals surface area contributed by atoms with E-state index in [-0.39, 0.29) is 24.1 Å². The van der Waals surface area contributed by atoms with E-state index in [0.29, 0.717) is 5.69 Å². The monoisotopic (exact) mass is 413 g/mol. The average Bonchev–Trinajstić information content (AvgIpc) is 3.44. The number of sulfonamides is 1. The Morgan fingerprint density at radius 3 is 2.45 bits per heavy atom. The van der Waals surface area contributed by atoms with Crippen LogP contribution >= 0.6 is 0 Å². The summed E-state index contributed by atoms with van der Waals surface area (Å²) < 4.78 is 35.7. The number of aromatic nitrogens is 8. The molecule has 29 heavy (non-hydrogen) atoms. The second-order valence-corrected chi connectivity index (χ2v) is 7.47. The molecule has 4 rings (SSSR count). The van der Waals surface area contributed by atoms with Crippen LogP contribution < -0.4 is 9.46 Å². The first-order valence-corrected chi connectivity index (χ1v) is 9.91. The van der Waals surface area contributed by atoms with Gasteiger partial charge >= 0.3 is 6.01 Å². The van der Waals surface area contributed by atoms with Crippen molar-refractivity contribution >= 4 is 10.0 Å². The largest absolute Gasteiger partial charge is 0.461 e. The van der Waals surface area contributed by atoms with E-state index in [1.807, 2.05) is 30.3 Å². The number of hydrogen-bond acceptors (Lipinski definition) is 9. The molecule has 0 unspecified atom stereocenters. The Morgan fingerprint density at radius 2 is 1.72 bits per heavy atom. The van der Waals surface area contributed by atoms with Crippen molar-refractivity contribution in [3.05, 3.63) is 60.9 Å². The summed E-state index contributed by atoms with van der Waals surface area (Å²) in [4.78, 5) is 0.114. The van der Waals surface area contributed by atoms with E-state index in [2.05, 4.69) is 35.8 Å². The van der Waals surface area contributed by atoms with E-state index in [1.54, 1.807) is 12.1 Å². The van der Waals surface area contributed by atoms with Crippen molar-refractivity contribution in [2.45, 2.75) is 4.90 Å². The Kier molecular flexibility index (Phi) is 5.22. The normalized spacial score (nSPS) is 11.4. The summed E-state index contributed by atoms with van der Waals surface area (Å²) in [7, 11) is -3.70. The zero-order chi connectivity index (χ0) is 20.1. The van der Waals surface area contributed by atoms with Gasteiger partial charge in [-0.2, -0.15) is 4.68 Å². The van der Waals surface area contributed by atoms with Gasteiger partial charge in [0.2, 0.25) is 10.0 Å². The van der Waals surface area contributed by atoms with E-state index < -0.39 is 10.0 Å². The molecule has 0 saturated heterocycles. The molecule has 0 atom stereocenters. The lowest BCUT2D eigenvalue weighted by Gasteiger charge is -2.09. The van der Waals surface area contributed by atoms with Crippen molar-refractivity contribution < 1.29 is 13.2 Å². The van der Waals surface area contributed by atoms with Crippen LogP contribution in [0.1, 0.15) is 0 Å². The number of rotatable bonds is 8. The molecule has 13 heteroatoms. The molecule has 0 bridgehead atoms. The number of hydrogen-bond donors (Lipinski definition) is 1. The van der Waals surface area contributed by atoms with Crippen molar-refractivity contribution in [1.82, 2.24) is 45.1 Å². The van der Waals surface area contributed by atoms with Crippen molar-refractivity contribution in [3.8, 4) is 17.4 Å². The number of nitrogens with one attached hydrogen (secondary N) is 1. The highest BCUT2D eigenvalue weighted by Crippen LogP contribution is 2.14. The van der Waals surface area contributed by atoms with Gasteiger partial charge in [0.1, 0.15) is 12.9 Å². The fraction of sp³-hybridized carbons (Fsp3) is 0.125. The Bertz CT molecular complexity index is 1160. The summed E-state index contributed by atoms with van der Waals surface area (Å²) in [5, 5.41) is 22.1. The summed E-state index contributed by atoms with van der Waals surface area (Å²) in [6.07, 6.45) is 1.42. The minimum atomic E-state index is -3.70. The molecule has 2 aromatic carbocycles. The van der Waals surface area contributed by atoms with Gasteiger partial charge in [0, 0.05) is 6.54 Å². The molecule has 0 radical (unpaired) electrons. The number of ether oxygens (including phenoxy) is 1. The van der Waals surface area contributed by atoms with E-state index in [9.17, 15) is 8.42 Å². The Labute approximate surface area is 165 Å². The van der Waals surface area contributed by atoms with Gasteiger partial charge in [-0.1, -0.05) is 23.3 Å². The predicted molar refractivity (Wildman–Crippen MR) is 99.0 cm³/mol. The van der Waals surface area contributed by atoms with Crippen molar-refractivity contribution in [1.29, 1.82) is 0 Å². The van der Waals surface area contributed by atoms with Gasteiger partial charge < -0.3 is 4.74 Å². The van der Waals surface area contributed by atoms with Gasteiger partial charge in [-0.05, 0) is 57.3 Å². The third-order valence-corrected chi connectivity index (χ3v) is 5.30. The molecule has 148 valence electrons. The average molecular weight is 413 g/mol. The first-order chi connectivity index (χ1) is 14.1. The highest BCUT2D eigenvalue weighted by atomic mass is 32.2. The number of nitrogens with zero attached hydrogens (tertiary/aromatic N) is 8. The molecular weight excluding hydrogens is 398 g/mol. The summed E-state index contributed by atoms with van der Waals surface area (Å²) >= 11 is 0. The van der Waals surface area contributed by atoms with E-state index in [4.69, 9.17) is 4.74 Å². The number of para-hydroxylation sites is 1. The lowest BCUT2D eigenvalue weighted by atomic mass is 10.3. The Balaban J connectivity index is 1.34. The third kappa shape index (κ3) is 4.25. The van der Waals surface area contributed by atoms with Gasteiger partial charge in [0.15, 0.2) is 0 Å². The number of benzene rings is 2. The van der Waals surface area contributed by atoms with Crippen LogP contribution in [-0.4, -0.2) is 62.0 Å². The minimum Gasteiger partial charge on any atom is -0.461 e. The lowest BCUT2D eigenvalue weighted by Crippen LogP contribution is -2.28. The quantitative estimate of drug-likeness (QED) is 0.395. The molecule has 0 aliphatic heterocycles. The second-order valence-electron chi connectivity index (χ2n) is 5.70. The Morgan fingerprint density at radius 1 is 0.931 bits per heavy atom. The van der Waals surface area contributed by atoms with Gasteiger partial charge in [-0.3, -0.25) is 0 Å². The van der Waals surface area contributed by atoms with Gasteiger partial charge in [0.05, 0.1) is 16.3 Å². The Hall–Kier alpha value is -3.71. The standard InChI is InChI=1S/C16H15N9O3S/c26-29(27,15-8-6-13(7-9-15)24-12-17-20-22-24)18-10-11-28-16-19-21-23-25(16)14-4-2-1-3-5-14/h1-9,12,18H,10-11H2. The third-order valence-electron chi connectivity index (χ3n) is 3.83. The molecule has 0 aliphatic rings. The molecule has 2 heterocycles. The molecule has 2 aromatic heterocycles. The zero-order valence-electron chi connectivity index (χ0n) is 14.9. The topological polar surface area (TPSA) is 143 Å². The van der Waals surface area contributed by atoms with Crippen molar-refractivity contribution in [2.24, 2.45) is 0 Å². The molecule has 0 aliphatic carbocycles. The molecule has 0 saturated carbocycles. The molecule has 0 spiro atoms. The lowest BCUT2D eigenvalue weighted by molar-refractivity contribution is 0.289. The molecule has 0 amide bonds. The zero-order valence-corrected chi connectivity index (χ0v) is 15.7. The number of tetrazole rings is 2. The van der Waals surface area contributed by atoms with E-state index in [1.165, 1.54) is 27.8 Å². The molecule has 12 nitrogen and oxygen atoms in total. The van der Waals surface area contributed by atoms with Crippen LogP contribution in [0.5, 0.6) is 6.01 Å². The summed E-state index contributed by atoms with van der Waals surface area (Å²) in [6, 6.07) is 15.5. The minimum absolute atomic E-state index is 0.0404. The fourth-order valence-corrected chi connectivity index (χ4v) is 3.47. The van der Waals surface area contributed by atoms with E-state index in [0.717, 1.165) is 5.69 Å². The maximum absolute atomic E-state index is 12.4. The first kappa shape index (κ1) is 18.6. The summed E-state index contributed by atoms with van der Waals surface area (Å²) in [5.74, 6) is 0. The molecule has 4 aromatic rings. The maximum atomic E-state index is 12.4. The fourth-order valence-electron chi connectivity index (χ4n) is 2.46. The summed E-state index contributed by atoms with van der Waals surface area (Å²) in [5.41, 5.74) is 1.38. The van der Waals surface area contributed by atoms with Crippen molar-refractivity contribution in [3.63, 3.8) is 0 Å². The van der Waals surface area contributed by atoms with Crippen LogP contribution in [0, 0.1) is 0 Å². The highest BCUT2D eigenvalue weighted by molar-refractivity contribution is 7.89. The van der Waals surface area contributed by atoms with Gasteiger partial charge in [0.25, 0.3) is 0 Å². The van der Waals surface area contributed by atoms with Crippen LogP contribution in [0.25, 0.3) is 11.4 Å². The smallest absolute Gasteiger partial charge is 0.340 e. The van der Waals surface area contributed by atoms with Crippen molar-refractivity contribution in [2.75, 3.05) is 13.2 Å². The van der Waals surface area contributed by atoms with Crippen LogP contribution in [0.15, 0.2) is 65.8 Å². The van der Waals surface area contributed by atoms with Crippen LogP contribution in [0.3, 0.4) is 0 Å². The predicted octanol–water partition coefficient (Wildman–Crippen LogP) is -0.00470. The van der Waals surface area contributed by atoms with E-state index >= 15 is 0 Å². The summed E-state index contributed by atoms with van der Waals surface area (Å²) in [6.45, 7) is 0.0911. The molecule has 1 N–H and O–H groups in total.